The molecule has 7 nitrogen and oxygen atoms in total. The number of benzene rings is 1. The van der Waals surface area contributed by atoms with E-state index < -0.39 is 0 Å². The van der Waals surface area contributed by atoms with Gasteiger partial charge in [-0.05, 0) is 62.4 Å². The number of aromatic amines is 1. The summed E-state index contributed by atoms with van der Waals surface area (Å²) in [7, 11) is 0. The van der Waals surface area contributed by atoms with Gasteiger partial charge in [0.15, 0.2) is 5.65 Å². The number of amides is 2. The fourth-order valence-electron chi connectivity index (χ4n) is 2.74. The molecule has 8 heteroatoms. The van der Waals surface area contributed by atoms with Crippen molar-refractivity contribution < 1.29 is 9.59 Å². The molecule has 1 aromatic carbocycles. The third kappa shape index (κ3) is 5.80. The number of H-pyrrole nitrogens is 1. The first-order chi connectivity index (χ1) is 15.4. The van der Waals surface area contributed by atoms with Crippen LogP contribution >= 0.6 is 11.6 Å². The molecule has 0 spiro atoms. The number of carbonyl (C=O) groups is 2. The molecule has 2 amide bonds. The third-order valence-corrected chi connectivity index (χ3v) is 4.62. The van der Waals surface area contributed by atoms with Crippen LogP contribution in [0.2, 0.25) is 5.02 Å². The van der Waals surface area contributed by atoms with Gasteiger partial charge < -0.3 is 15.6 Å². The molecule has 0 atom stereocenters. The van der Waals surface area contributed by atoms with Crippen LogP contribution in [0.4, 0.5) is 5.69 Å². The molecule has 2 aromatic heterocycles. The highest BCUT2D eigenvalue weighted by Gasteiger charge is 2.09. The number of anilines is 1. The number of nitrogens with one attached hydrogen (secondary N) is 3. The summed E-state index contributed by atoms with van der Waals surface area (Å²) < 4.78 is 0. The lowest BCUT2D eigenvalue weighted by molar-refractivity contribution is -0.111. The molecule has 0 saturated heterocycles. The zero-order chi connectivity index (χ0) is 23.1. The Bertz CT molecular complexity index is 1250. The standard InChI is InChI=1S/C24H22ClN5O2/c1-4-6-21(31)27-19-13-20-23(26-14-19)30-22(29-20)15(3)7-12-18(5-2)28-24(32)16-8-10-17(25)11-9-16/h4-14H,3H2,1-2H3,(H,27,31)(H,28,32)(H,26,29,30)/b6-4+,12-7-,18-5+. The molecule has 162 valence electrons. The van der Waals surface area contributed by atoms with Gasteiger partial charge in [-0.3, -0.25) is 9.59 Å². The molecule has 0 bridgehead atoms. The van der Waals surface area contributed by atoms with Gasteiger partial charge in [0.1, 0.15) is 5.82 Å². The average molecular weight is 448 g/mol. The summed E-state index contributed by atoms with van der Waals surface area (Å²) in [6.07, 6.45) is 9.88. The van der Waals surface area contributed by atoms with E-state index in [4.69, 9.17) is 11.6 Å². The first-order valence-electron chi connectivity index (χ1n) is 9.79. The SMILES string of the molecule is C=C(/C=C\C(=C/C)NC(=O)c1ccc(Cl)cc1)c1nc2ncc(NC(=O)/C=C/C)cc2[nH]1. The molecule has 0 saturated carbocycles. The Morgan fingerprint density at radius 2 is 1.88 bits per heavy atom. The minimum absolute atomic E-state index is 0.236. The van der Waals surface area contributed by atoms with E-state index in [0.29, 0.717) is 44.5 Å². The van der Waals surface area contributed by atoms with Gasteiger partial charge in [0, 0.05) is 21.9 Å². The van der Waals surface area contributed by atoms with E-state index in [2.05, 4.69) is 32.2 Å². The highest BCUT2D eigenvalue weighted by atomic mass is 35.5. The third-order valence-electron chi connectivity index (χ3n) is 4.37. The fraction of sp³-hybridized carbons (Fsp3) is 0.0833. The summed E-state index contributed by atoms with van der Waals surface area (Å²) in [5, 5.41) is 6.13. The Balaban J connectivity index is 1.69. The van der Waals surface area contributed by atoms with Gasteiger partial charge in [-0.25, -0.2) is 9.97 Å². The highest BCUT2D eigenvalue weighted by Crippen LogP contribution is 2.19. The largest absolute Gasteiger partial charge is 0.337 e. The number of pyridine rings is 1. The summed E-state index contributed by atoms with van der Waals surface area (Å²) >= 11 is 5.87. The van der Waals surface area contributed by atoms with Crippen molar-refractivity contribution >= 4 is 45.8 Å². The normalized spacial score (nSPS) is 11.9. The van der Waals surface area contributed by atoms with E-state index >= 15 is 0 Å². The number of aromatic nitrogens is 3. The molecule has 0 aliphatic rings. The average Bonchev–Trinajstić information content (AvgIpc) is 3.20. The van der Waals surface area contributed by atoms with Crippen LogP contribution < -0.4 is 10.6 Å². The maximum Gasteiger partial charge on any atom is 0.255 e. The van der Waals surface area contributed by atoms with Crippen molar-refractivity contribution in [1.29, 1.82) is 0 Å². The quantitative estimate of drug-likeness (QED) is 0.349. The Kier molecular flexibility index (Phi) is 7.36. The van der Waals surface area contributed by atoms with Crippen molar-refractivity contribution in [2.24, 2.45) is 0 Å². The van der Waals surface area contributed by atoms with Crippen LogP contribution in [0.5, 0.6) is 0 Å². The Hall–Kier alpha value is -3.97. The van der Waals surface area contributed by atoms with E-state index in [0.717, 1.165) is 0 Å². The molecular weight excluding hydrogens is 426 g/mol. The molecule has 32 heavy (non-hydrogen) atoms. The zero-order valence-electron chi connectivity index (χ0n) is 17.6. The van der Waals surface area contributed by atoms with Crippen molar-refractivity contribution in [3.8, 4) is 0 Å². The molecule has 0 aliphatic carbocycles. The molecule has 0 aliphatic heterocycles. The van der Waals surface area contributed by atoms with E-state index in [9.17, 15) is 9.59 Å². The van der Waals surface area contributed by atoms with Gasteiger partial charge in [-0.2, -0.15) is 0 Å². The van der Waals surface area contributed by atoms with E-state index in [1.807, 2.05) is 6.92 Å². The number of allylic oxidation sites excluding steroid dienone is 5. The number of fused-ring (bicyclic) bond motifs is 1. The molecule has 2 heterocycles. The summed E-state index contributed by atoms with van der Waals surface area (Å²) in [4.78, 5) is 35.9. The fourth-order valence-corrected chi connectivity index (χ4v) is 2.87. The summed E-state index contributed by atoms with van der Waals surface area (Å²) in [5.41, 5.74) is 3.42. The summed E-state index contributed by atoms with van der Waals surface area (Å²) in [6, 6.07) is 8.39. The Morgan fingerprint density at radius 3 is 2.56 bits per heavy atom. The molecular formula is C24H22ClN5O2. The number of hydrogen-bond donors (Lipinski definition) is 3. The van der Waals surface area contributed by atoms with Crippen molar-refractivity contribution in [3.63, 3.8) is 0 Å². The summed E-state index contributed by atoms with van der Waals surface area (Å²) in [5.74, 6) is 0.0471. The molecule has 0 radical (unpaired) electrons. The molecule has 3 N–H and O–H groups in total. The Labute approximate surface area is 190 Å². The number of hydrogen-bond acceptors (Lipinski definition) is 4. The number of halogens is 1. The van der Waals surface area contributed by atoms with Crippen molar-refractivity contribution in [2.75, 3.05) is 5.32 Å². The van der Waals surface area contributed by atoms with Crippen molar-refractivity contribution in [2.45, 2.75) is 13.8 Å². The predicted octanol–water partition coefficient (Wildman–Crippen LogP) is 5.03. The molecule has 3 aromatic rings. The number of rotatable bonds is 7. The number of nitrogens with zero attached hydrogens (tertiary/aromatic N) is 2. The minimum Gasteiger partial charge on any atom is -0.337 e. The van der Waals surface area contributed by atoms with Gasteiger partial charge in [0.05, 0.1) is 17.4 Å². The first kappa shape index (κ1) is 22.7. The smallest absolute Gasteiger partial charge is 0.255 e. The van der Waals surface area contributed by atoms with Gasteiger partial charge in [0.25, 0.3) is 5.91 Å². The zero-order valence-corrected chi connectivity index (χ0v) is 18.4. The second-order valence-corrected chi connectivity index (χ2v) is 7.17. The lowest BCUT2D eigenvalue weighted by atomic mass is 10.2. The van der Waals surface area contributed by atoms with Gasteiger partial charge in [0.2, 0.25) is 5.91 Å². The maximum absolute atomic E-state index is 12.4. The Morgan fingerprint density at radius 1 is 1.12 bits per heavy atom. The van der Waals surface area contributed by atoms with Gasteiger partial charge in [-0.1, -0.05) is 30.3 Å². The van der Waals surface area contributed by atoms with Crippen molar-refractivity contribution in [1.82, 2.24) is 20.3 Å². The number of imidazole rings is 1. The van der Waals surface area contributed by atoms with E-state index in [1.54, 1.807) is 61.6 Å². The molecule has 0 unspecified atom stereocenters. The van der Waals surface area contributed by atoms with E-state index in [1.165, 1.54) is 12.3 Å². The lowest BCUT2D eigenvalue weighted by Crippen LogP contribution is -2.21. The second kappa shape index (κ2) is 10.4. The monoisotopic (exact) mass is 447 g/mol. The second-order valence-electron chi connectivity index (χ2n) is 6.73. The van der Waals surface area contributed by atoms with Crippen LogP contribution in [0.15, 0.2) is 79.2 Å². The predicted molar refractivity (Wildman–Crippen MR) is 128 cm³/mol. The van der Waals surface area contributed by atoms with Crippen LogP contribution in [-0.2, 0) is 4.79 Å². The summed E-state index contributed by atoms with van der Waals surface area (Å²) in [6.45, 7) is 7.61. The van der Waals surface area contributed by atoms with Crippen LogP contribution in [0.1, 0.15) is 30.0 Å². The maximum atomic E-state index is 12.4. The van der Waals surface area contributed by atoms with Crippen LogP contribution in [0, 0.1) is 0 Å². The highest BCUT2D eigenvalue weighted by molar-refractivity contribution is 6.30. The van der Waals surface area contributed by atoms with Crippen LogP contribution in [0.3, 0.4) is 0 Å². The molecule has 0 fully saturated rings. The van der Waals surface area contributed by atoms with Crippen LogP contribution in [-0.4, -0.2) is 26.8 Å². The topological polar surface area (TPSA) is 99.8 Å². The first-order valence-corrected chi connectivity index (χ1v) is 10.2. The molecule has 3 rings (SSSR count). The van der Waals surface area contributed by atoms with Crippen LogP contribution in [0.25, 0.3) is 16.7 Å². The van der Waals surface area contributed by atoms with Gasteiger partial charge in [-0.15, -0.1) is 0 Å². The van der Waals surface area contributed by atoms with Crippen molar-refractivity contribution in [3.05, 3.63) is 95.6 Å². The lowest BCUT2D eigenvalue weighted by Gasteiger charge is -2.06. The minimum atomic E-state index is -0.245. The van der Waals surface area contributed by atoms with Gasteiger partial charge >= 0.3 is 0 Å². The van der Waals surface area contributed by atoms with E-state index in [-0.39, 0.29) is 11.8 Å². The number of carbonyl (C=O) groups excluding carboxylic acids is 2.